The summed E-state index contributed by atoms with van der Waals surface area (Å²) in [5, 5.41) is 6.06. The number of carbonyl (C=O) groups excluding carboxylic acids is 1. The maximum Gasteiger partial charge on any atom is 0.268 e. The molecular weight excluding hydrogens is 324 g/mol. The predicted molar refractivity (Wildman–Crippen MR) is 93.6 cm³/mol. The van der Waals surface area contributed by atoms with Crippen LogP contribution in [0.5, 0.6) is 0 Å². The zero-order valence-electron chi connectivity index (χ0n) is 14.1. The van der Waals surface area contributed by atoms with Gasteiger partial charge >= 0.3 is 0 Å². The lowest BCUT2D eigenvalue weighted by Crippen LogP contribution is -2.48. The normalized spacial score (nSPS) is 15.8. The van der Waals surface area contributed by atoms with Gasteiger partial charge in [-0.2, -0.15) is 4.98 Å². The van der Waals surface area contributed by atoms with E-state index >= 15 is 0 Å². The minimum Gasteiger partial charge on any atom is -0.340 e. The van der Waals surface area contributed by atoms with Crippen molar-refractivity contribution in [2.75, 3.05) is 26.2 Å². The van der Waals surface area contributed by atoms with Gasteiger partial charge in [-0.15, -0.1) is 11.3 Å². The molecule has 7 heteroatoms. The molecule has 1 fully saturated rings. The standard InChI is InChI=1S/C17H24N4O2S/c1-2-3-4-7-16(22)21-10-8-20(9-11-21)13-15-18-17(23-19-15)14-6-5-12-24-14/h5-6,12H,2-4,7-11,13H2,1H3. The Balaban J connectivity index is 1.45. The van der Waals surface area contributed by atoms with Crippen LogP contribution in [0.25, 0.3) is 10.8 Å². The fraction of sp³-hybridized carbons (Fsp3) is 0.588. The van der Waals surface area contributed by atoms with Crippen LogP contribution in [-0.4, -0.2) is 52.0 Å². The molecule has 3 heterocycles. The third kappa shape index (κ3) is 4.42. The average Bonchev–Trinajstić information content (AvgIpc) is 3.27. The summed E-state index contributed by atoms with van der Waals surface area (Å²) < 4.78 is 5.32. The second-order valence-electron chi connectivity index (χ2n) is 6.11. The van der Waals surface area contributed by atoms with Gasteiger partial charge in [-0.05, 0) is 17.9 Å². The van der Waals surface area contributed by atoms with Crippen LogP contribution >= 0.6 is 11.3 Å². The van der Waals surface area contributed by atoms with Crippen molar-refractivity contribution in [1.29, 1.82) is 0 Å². The van der Waals surface area contributed by atoms with Crippen molar-refractivity contribution in [2.24, 2.45) is 0 Å². The lowest BCUT2D eigenvalue weighted by Gasteiger charge is -2.34. The molecule has 1 amide bonds. The van der Waals surface area contributed by atoms with Gasteiger partial charge in [0.1, 0.15) is 0 Å². The highest BCUT2D eigenvalue weighted by atomic mass is 32.1. The molecule has 0 atom stereocenters. The SMILES string of the molecule is CCCCCC(=O)N1CCN(Cc2noc(-c3cccs3)n2)CC1. The number of aromatic nitrogens is 2. The fourth-order valence-corrected chi connectivity index (χ4v) is 3.50. The highest BCUT2D eigenvalue weighted by Crippen LogP contribution is 2.22. The van der Waals surface area contributed by atoms with Crippen molar-refractivity contribution in [1.82, 2.24) is 19.9 Å². The molecule has 24 heavy (non-hydrogen) atoms. The van der Waals surface area contributed by atoms with Gasteiger partial charge in [0, 0.05) is 32.6 Å². The van der Waals surface area contributed by atoms with Crippen LogP contribution in [0.3, 0.4) is 0 Å². The number of hydrogen-bond acceptors (Lipinski definition) is 6. The Bertz CT molecular complexity index is 633. The van der Waals surface area contributed by atoms with E-state index in [4.69, 9.17) is 4.52 Å². The number of thiophene rings is 1. The number of carbonyl (C=O) groups is 1. The van der Waals surface area contributed by atoms with Gasteiger partial charge in [-0.3, -0.25) is 9.69 Å². The summed E-state index contributed by atoms with van der Waals surface area (Å²) in [6.07, 6.45) is 3.97. The summed E-state index contributed by atoms with van der Waals surface area (Å²) in [5.41, 5.74) is 0. The maximum absolute atomic E-state index is 12.1. The average molecular weight is 348 g/mol. The number of hydrogen-bond donors (Lipinski definition) is 0. The molecule has 130 valence electrons. The molecule has 0 spiro atoms. The molecule has 0 bridgehead atoms. The first-order chi connectivity index (χ1) is 11.8. The Morgan fingerprint density at radius 3 is 2.83 bits per heavy atom. The molecular formula is C17H24N4O2S. The lowest BCUT2D eigenvalue weighted by molar-refractivity contribution is -0.133. The van der Waals surface area contributed by atoms with Gasteiger partial charge < -0.3 is 9.42 Å². The first-order valence-electron chi connectivity index (χ1n) is 8.63. The zero-order chi connectivity index (χ0) is 16.8. The molecule has 2 aromatic heterocycles. The quantitative estimate of drug-likeness (QED) is 0.720. The topological polar surface area (TPSA) is 62.5 Å². The second kappa shape index (κ2) is 8.39. The van der Waals surface area contributed by atoms with Gasteiger partial charge in [-0.1, -0.05) is 31.0 Å². The summed E-state index contributed by atoms with van der Waals surface area (Å²) in [5.74, 6) is 1.59. The minimum atomic E-state index is 0.294. The Labute approximate surface area is 146 Å². The summed E-state index contributed by atoms with van der Waals surface area (Å²) in [4.78, 5) is 21.9. The predicted octanol–water partition coefficient (Wildman–Crippen LogP) is 3.02. The summed E-state index contributed by atoms with van der Waals surface area (Å²) in [7, 11) is 0. The van der Waals surface area contributed by atoms with Gasteiger partial charge in [-0.25, -0.2) is 0 Å². The smallest absolute Gasteiger partial charge is 0.268 e. The van der Waals surface area contributed by atoms with E-state index in [1.54, 1.807) is 11.3 Å². The monoisotopic (exact) mass is 348 g/mol. The number of piperazine rings is 1. The van der Waals surface area contributed by atoms with Crippen LogP contribution < -0.4 is 0 Å². The molecule has 1 aliphatic heterocycles. The van der Waals surface area contributed by atoms with Crippen LogP contribution in [0.2, 0.25) is 0 Å². The van der Waals surface area contributed by atoms with Gasteiger partial charge in [0.25, 0.3) is 5.89 Å². The molecule has 0 N–H and O–H groups in total. The first kappa shape index (κ1) is 17.1. The third-order valence-corrected chi connectivity index (χ3v) is 5.14. The van der Waals surface area contributed by atoms with E-state index in [1.807, 2.05) is 22.4 Å². The number of amides is 1. The van der Waals surface area contributed by atoms with E-state index < -0.39 is 0 Å². The number of unbranched alkanes of at least 4 members (excludes halogenated alkanes) is 2. The second-order valence-corrected chi connectivity index (χ2v) is 7.05. The van der Waals surface area contributed by atoms with Gasteiger partial charge in [0.2, 0.25) is 5.91 Å². The van der Waals surface area contributed by atoms with Crippen LogP contribution in [0.1, 0.15) is 38.4 Å². The molecule has 3 rings (SSSR count). The number of nitrogens with zero attached hydrogens (tertiary/aromatic N) is 4. The highest BCUT2D eigenvalue weighted by molar-refractivity contribution is 7.13. The van der Waals surface area contributed by atoms with Crippen LogP contribution in [-0.2, 0) is 11.3 Å². The molecule has 1 saturated heterocycles. The molecule has 0 aliphatic carbocycles. The molecule has 0 aromatic carbocycles. The van der Waals surface area contributed by atoms with Crippen LogP contribution in [0.4, 0.5) is 0 Å². The van der Waals surface area contributed by atoms with Crippen molar-refractivity contribution >= 4 is 17.2 Å². The molecule has 1 aliphatic rings. The van der Waals surface area contributed by atoms with Crippen molar-refractivity contribution in [3.63, 3.8) is 0 Å². The zero-order valence-corrected chi connectivity index (χ0v) is 14.9. The third-order valence-electron chi connectivity index (χ3n) is 4.28. The van der Waals surface area contributed by atoms with E-state index in [0.29, 0.717) is 30.6 Å². The van der Waals surface area contributed by atoms with E-state index in [-0.39, 0.29) is 0 Å². The Hall–Kier alpha value is -1.73. The Morgan fingerprint density at radius 2 is 2.12 bits per heavy atom. The van der Waals surface area contributed by atoms with Crippen molar-refractivity contribution in [3.05, 3.63) is 23.3 Å². The summed E-state index contributed by atoms with van der Waals surface area (Å²) in [6, 6.07) is 3.95. The van der Waals surface area contributed by atoms with E-state index in [9.17, 15) is 4.79 Å². The highest BCUT2D eigenvalue weighted by Gasteiger charge is 2.22. The summed E-state index contributed by atoms with van der Waals surface area (Å²) >= 11 is 1.59. The van der Waals surface area contributed by atoms with Gasteiger partial charge in [0.15, 0.2) is 5.82 Å². The fourth-order valence-electron chi connectivity index (χ4n) is 2.86. The Morgan fingerprint density at radius 1 is 1.29 bits per heavy atom. The lowest BCUT2D eigenvalue weighted by atomic mass is 10.2. The molecule has 2 aromatic rings. The summed E-state index contributed by atoms with van der Waals surface area (Å²) in [6.45, 7) is 6.14. The van der Waals surface area contributed by atoms with Crippen molar-refractivity contribution in [3.8, 4) is 10.8 Å². The molecule has 0 radical (unpaired) electrons. The van der Waals surface area contributed by atoms with Crippen LogP contribution in [0.15, 0.2) is 22.0 Å². The van der Waals surface area contributed by atoms with E-state index in [1.165, 1.54) is 0 Å². The van der Waals surface area contributed by atoms with Crippen molar-refractivity contribution < 1.29 is 9.32 Å². The molecule has 0 saturated carbocycles. The maximum atomic E-state index is 12.1. The molecule has 6 nitrogen and oxygen atoms in total. The minimum absolute atomic E-state index is 0.294. The largest absolute Gasteiger partial charge is 0.340 e. The van der Waals surface area contributed by atoms with Crippen molar-refractivity contribution in [2.45, 2.75) is 39.2 Å². The number of rotatable bonds is 7. The first-order valence-corrected chi connectivity index (χ1v) is 9.51. The van der Waals surface area contributed by atoms with Crippen LogP contribution in [0, 0.1) is 0 Å². The van der Waals surface area contributed by atoms with E-state index in [0.717, 1.165) is 50.3 Å². The molecule has 0 unspecified atom stereocenters. The van der Waals surface area contributed by atoms with E-state index in [2.05, 4.69) is 22.0 Å². The van der Waals surface area contributed by atoms with Gasteiger partial charge in [0.05, 0.1) is 11.4 Å². The Kier molecular flexibility index (Phi) is 5.98.